The molecule has 0 spiro atoms. The molecule has 0 aromatic heterocycles. The Morgan fingerprint density at radius 1 is 1.39 bits per heavy atom. The fourth-order valence-corrected chi connectivity index (χ4v) is 3.23. The van der Waals surface area contributed by atoms with E-state index in [1.807, 2.05) is 6.92 Å². The van der Waals surface area contributed by atoms with E-state index >= 15 is 0 Å². The predicted molar refractivity (Wildman–Crippen MR) is 96.8 cm³/mol. The first-order chi connectivity index (χ1) is 10.3. The molecule has 0 bridgehead atoms. The zero-order chi connectivity index (χ0) is 16.3. The van der Waals surface area contributed by atoms with Gasteiger partial charge in [-0.15, -0.1) is 12.4 Å². The van der Waals surface area contributed by atoms with Crippen LogP contribution in [0.25, 0.3) is 0 Å². The molecule has 1 aliphatic heterocycles. The molecule has 1 unspecified atom stereocenters. The van der Waals surface area contributed by atoms with Crippen LogP contribution in [0, 0.1) is 5.92 Å². The highest BCUT2D eigenvalue weighted by Crippen LogP contribution is 2.38. The van der Waals surface area contributed by atoms with Crippen molar-refractivity contribution in [3.63, 3.8) is 0 Å². The molecule has 0 fully saturated rings. The van der Waals surface area contributed by atoms with Crippen molar-refractivity contribution in [2.24, 2.45) is 11.7 Å². The minimum absolute atomic E-state index is 0. The molecule has 1 aromatic carbocycles. The van der Waals surface area contributed by atoms with Gasteiger partial charge in [0.15, 0.2) is 11.5 Å². The maximum absolute atomic E-state index is 12.6. The van der Waals surface area contributed by atoms with Gasteiger partial charge in [0.25, 0.3) is 5.91 Å². The van der Waals surface area contributed by atoms with Gasteiger partial charge < -0.3 is 20.5 Å². The molecule has 1 amide bonds. The summed E-state index contributed by atoms with van der Waals surface area (Å²) in [4.78, 5) is 12.6. The fourth-order valence-electron chi connectivity index (χ4n) is 2.67. The standard InChI is InChI=1S/C16H23BrN2O3.ClH/c1-10(2)8-16(3,9-18)19-15(20)11-6-12(17)14-13(7-11)21-4-5-22-14;/h6-7,10H,4-5,8-9,18H2,1-3H3,(H,19,20);1H. The third-order valence-electron chi connectivity index (χ3n) is 3.58. The van der Waals surface area contributed by atoms with Crippen LogP contribution >= 0.6 is 28.3 Å². The Hall–Kier alpha value is -0.980. The summed E-state index contributed by atoms with van der Waals surface area (Å²) in [6, 6.07) is 3.45. The van der Waals surface area contributed by atoms with Crippen molar-refractivity contribution >= 4 is 34.2 Å². The molecule has 0 saturated heterocycles. The van der Waals surface area contributed by atoms with Crippen LogP contribution in [-0.4, -0.2) is 31.2 Å². The number of amides is 1. The van der Waals surface area contributed by atoms with Crippen LogP contribution in [-0.2, 0) is 0 Å². The zero-order valence-corrected chi connectivity index (χ0v) is 16.1. The van der Waals surface area contributed by atoms with Crippen LogP contribution in [0.3, 0.4) is 0 Å². The average Bonchev–Trinajstić information content (AvgIpc) is 2.46. The molecule has 1 aromatic rings. The van der Waals surface area contributed by atoms with E-state index in [0.29, 0.717) is 47.2 Å². The molecule has 0 radical (unpaired) electrons. The van der Waals surface area contributed by atoms with Crippen molar-refractivity contribution < 1.29 is 14.3 Å². The highest BCUT2D eigenvalue weighted by molar-refractivity contribution is 9.10. The van der Waals surface area contributed by atoms with Gasteiger partial charge >= 0.3 is 0 Å². The van der Waals surface area contributed by atoms with Crippen molar-refractivity contribution in [3.05, 3.63) is 22.2 Å². The molecular formula is C16H24BrClN2O3. The summed E-state index contributed by atoms with van der Waals surface area (Å²) in [6.07, 6.45) is 0.820. The number of carbonyl (C=O) groups excluding carboxylic acids is 1. The van der Waals surface area contributed by atoms with E-state index in [1.54, 1.807) is 12.1 Å². The van der Waals surface area contributed by atoms with Crippen LogP contribution in [0.15, 0.2) is 16.6 Å². The summed E-state index contributed by atoms with van der Waals surface area (Å²) < 4.78 is 11.8. The fraction of sp³-hybridized carbons (Fsp3) is 0.562. The van der Waals surface area contributed by atoms with Gasteiger partial charge in [-0.05, 0) is 47.3 Å². The summed E-state index contributed by atoms with van der Waals surface area (Å²) in [6.45, 7) is 7.58. The van der Waals surface area contributed by atoms with Crippen molar-refractivity contribution in [2.75, 3.05) is 19.8 Å². The van der Waals surface area contributed by atoms with Crippen molar-refractivity contribution in [1.82, 2.24) is 5.32 Å². The van der Waals surface area contributed by atoms with E-state index in [0.717, 1.165) is 6.42 Å². The number of nitrogens with one attached hydrogen (secondary N) is 1. The molecule has 1 heterocycles. The first-order valence-corrected chi connectivity index (χ1v) is 8.25. The zero-order valence-electron chi connectivity index (χ0n) is 13.6. The minimum atomic E-state index is -0.426. The van der Waals surface area contributed by atoms with Gasteiger partial charge in [-0.3, -0.25) is 4.79 Å². The lowest BCUT2D eigenvalue weighted by Gasteiger charge is -2.31. The predicted octanol–water partition coefficient (Wildman–Crippen LogP) is 3.14. The Labute approximate surface area is 151 Å². The average molecular weight is 408 g/mol. The second kappa shape index (κ2) is 8.22. The van der Waals surface area contributed by atoms with E-state index in [1.165, 1.54) is 0 Å². The van der Waals surface area contributed by atoms with E-state index in [4.69, 9.17) is 15.2 Å². The monoisotopic (exact) mass is 406 g/mol. The van der Waals surface area contributed by atoms with Gasteiger partial charge in [0.2, 0.25) is 0 Å². The van der Waals surface area contributed by atoms with Crippen LogP contribution in [0.5, 0.6) is 11.5 Å². The smallest absolute Gasteiger partial charge is 0.251 e. The molecule has 3 N–H and O–H groups in total. The second-order valence-corrected chi connectivity index (χ2v) is 7.15. The molecule has 23 heavy (non-hydrogen) atoms. The topological polar surface area (TPSA) is 73.6 Å². The molecule has 130 valence electrons. The largest absolute Gasteiger partial charge is 0.486 e. The van der Waals surface area contributed by atoms with Gasteiger partial charge in [-0.25, -0.2) is 0 Å². The van der Waals surface area contributed by atoms with Crippen LogP contribution in [0.1, 0.15) is 37.6 Å². The SMILES string of the molecule is CC(C)CC(C)(CN)NC(=O)c1cc(Br)c2c(c1)OCCO2.Cl. The summed E-state index contributed by atoms with van der Waals surface area (Å²) in [5.74, 6) is 1.52. The lowest BCUT2D eigenvalue weighted by atomic mass is 9.90. The first-order valence-electron chi connectivity index (χ1n) is 7.46. The van der Waals surface area contributed by atoms with Gasteiger partial charge in [0.05, 0.1) is 4.47 Å². The van der Waals surface area contributed by atoms with Gasteiger partial charge in [0, 0.05) is 17.6 Å². The lowest BCUT2D eigenvalue weighted by molar-refractivity contribution is 0.0897. The number of rotatable bonds is 5. The number of ether oxygens (including phenoxy) is 2. The Bertz CT molecular complexity index is 569. The Morgan fingerprint density at radius 2 is 2.04 bits per heavy atom. The van der Waals surface area contributed by atoms with Crippen molar-refractivity contribution in [3.8, 4) is 11.5 Å². The molecular weight excluding hydrogens is 384 g/mol. The van der Waals surface area contributed by atoms with Gasteiger partial charge in [0.1, 0.15) is 13.2 Å². The van der Waals surface area contributed by atoms with E-state index in [2.05, 4.69) is 35.1 Å². The van der Waals surface area contributed by atoms with Gasteiger partial charge in [-0.1, -0.05) is 13.8 Å². The summed E-state index contributed by atoms with van der Waals surface area (Å²) in [5, 5.41) is 3.04. The lowest BCUT2D eigenvalue weighted by Crippen LogP contribution is -2.52. The Balaban J connectivity index is 0.00000264. The molecule has 5 nitrogen and oxygen atoms in total. The highest BCUT2D eigenvalue weighted by Gasteiger charge is 2.27. The summed E-state index contributed by atoms with van der Waals surface area (Å²) in [7, 11) is 0. The number of fused-ring (bicyclic) bond motifs is 1. The molecule has 2 rings (SSSR count). The van der Waals surface area contributed by atoms with E-state index < -0.39 is 5.54 Å². The van der Waals surface area contributed by atoms with Gasteiger partial charge in [-0.2, -0.15) is 0 Å². The Kier molecular flexibility index (Phi) is 7.17. The van der Waals surface area contributed by atoms with E-state index in [-0.39, 0.29) is 18.3 Å². The number of hydrogen-bond acceptors (Lipinski definition) is 4. The van der Waals surface area contributed by atoms with Crippen molar-refractivity contribution in [2.45, 2.75) is 32.7 Å². The summed E-state index contributed by atoms with van der Waals surface area (Å²) >= 11 is 3.43. The normalized spacial score (nSPS) is 15.6. The number of halogens is 2. The van der Waals surface area contributed by atoms with Crippen molar-refractivity contribution in [1.29, 1.82) is 0 Å². The van der Waals surface area contributed by atoms with E-state index in [9.17, 15) is 4.79 Å². The second-order valence-electron chi connectivity index (χ2n) is 6.30. The minimum Gasteiger partial charge on any atom is -0.486 e. The maximum atomic E-state index is 12.6. The highest BCUT2D eigenvalue weighted by atomic mass is 79.9. The molecule has 0 saturated carbocycles. The Morgan fingerprint density at radius 3 is 2.65 bits per heavy atom. The first kappa shape index (κ1) is 20.1. The quantitative estimate of drug-likeness (QED) is 0.786. The third-order valence-corrected chi connectivity index (χ3v) is 4.17. The number of nitrogens with two attached hydrogens (primary N) is 1. The molecule has 7 heteroatoms. The number of hydrogen-bond donors (Lipinski definition) is 2. The maximum Gasteiger partial charge on any atom is 0.251 e. The number of carbonyl (C=O) groups is 1. The van der Waals surface area contributed by atoms with Crippen LogP contribution in [0.2, 0.25) is 0 Å². The van der Waals surface area contributed by atoms with Crippen LogP contribution < -0.4 is 20.5 Å². The third kappa shape index (κ3) is 4.99. The number of benzene rings is 1. The summed E-state index contributed by atoms with van der Waals surface area (Å²) in [5.41, 5.74) is 5.96. The van der Waals surface area contributed by atoms with Crippen LogP contribution in [0.4, 0.5) is 0 Å². The molecule has 1 aliphatic rings. The molecule has 1 atom stereocenters. The molecule has 0 aliphatic carbocycles.